The van der Waals surface area contributed by atoms with E-state index >= 15 is 0 Å². The topological polar surface area (TPSA) is 95.9 Å². The number of rotatable bonds is 3. The number of fused-ring (bicyclic) bond motifs is 2. The van der Waals surface area contributed by atoms with Gasteiger partial charge in [-0.1, -0.05) is 12.1 Å². The van der Waals surface area contributed by atoms with E-state index in [0.717, 1.165) is 0 Å². The third kappa shape index (κ3) is 2.02. The molecule has 2 unspecified atom stereocenters. The number of carboxylic acid groups (broad SMARTS) is 1. The Balaban J connectivity index is 1.80. The van der Waals surface area contributed by atoms with E-state index in [2.05, 4.69) is 5.32 Å². The summed E-state index contributed by atoms with van der Waals surface area (Å²) < 4.78 is 5.54. The number of carbonyl (C=O) groups is 2. The Morgan fingerprint density at radius 3 is 2.45 bits per heavy atom. The monoisotopic (exact) mass is 277 g/mol. The Bertz CT molecular complexity index is 558. The number of aliphatic carboxylic acids is 1. The number of phenolic OH excluding ortho intramolecular Hbond substituents is 1. The van der Waals surface area contributed by atoms with Crippen LogP contribution in [0.4, 0.5) is 5.69 Å². The Morgan fingerprint density at radius 1 is 1.15 bits per heavy atom. The molecular formula is C14H15NO5. The summed E-state index contributed by atoms with van der Waals surface area (Å²) in [5.41, 5.74) is 0.282. The van der Waals surface area contributed by atoms with E-state index in [0.29, 0.717) is 12.8 Å². The van der Waals surface area contributed by atoms with Gasteiger partial charge in [0.15, 0.2) is 0 Å². The Labute approximate surface area is 115 Å². The summed E-state index contributed by atoms with van der Waals surface area (Å²) in [6.07, 6.45) is 0.666. The number of phenols is 1. The number of nitrogens with one attached hydrogen (secondary N) is 1. The molecule has 2 heterocycles. The zero-order chi connectivity index (χ0) is 14.3. The van der Waals surface area contributed by atoms with Crippen molar-refractivity contribution in [3.8, 4) is 5.75 Å². The van der Waals surface area contributed by atoms with Crippen molar-refractivity contribution in [1.29, 1.82) is 0 Å². The van der Waals surface area contributed by atoms with Gasteiger partial charge in [0, 0.05) is 0 Å². The third-order valence-electron chi connectivity index (χ3n) is 4.02. The number of benzene rings is 1. The van der Waals surface area contributed by atoms with Crippen molar-refractivity contribution in [3.05, 3.63) is 24.3 Å². The number of hydrogen-bond acceptors (Lipinski definition) is 4. The van der Waals surface area contributed by atoms with Crippen molar-refractivity contribution in [2.75, 3.05) is 5.32 Å². The second-order valence-electron chi connectivity index (χ2n) is 5.19. The second kappa shape index (κ2) is 4.79. The molecule has 1 aromatic carbocycles. The number of amides is 1. The molecule has 4 atom stereocenters. The van der Waals surface area contributed by atoms with Gasteiger partial charge in [0.1, 0.15) is 5.75 Å². The van der Waals surface area contributed by atoms with Crippen molar-refractivity contribution in [2.24, 2.45) is 11.8 Å². The molecule has 2 aliphatic rings. The smallest absolute Gasteiger partial charge is 0.310 e. The molecule has 2 bridgehead atoms. The van der Waals surface area contributed by atoms with E-state index in [9.17, 15) is 19.8 Å². The number of hydrogen-bond donors (Lipinski definition) is 3. The Hall–Kier alpha value is -2.08. The highest BCUT2D eigenvalue weighted by Gasteiger charge is 2.55. The normalized spacial score (nSPS) is 31.2. The van der Waals surface area contributed by atoms with E-state index in [1.807, 2.05) is 0 Å². The highest BCUT2D eigenvalue weighted by atomic mass is 16.5. The van der Waals surface area contributed by atoms with E-state index in [1.54, 1.807) is 18.2 Å². The maximum Gasteiger partial charge on any atom is 0.310 e. The van der Waals surface area contributed by atoms with Crippen LogP contribution in [0.1, 0.15) is 12.8 Å². The van der Waals surface area contributed by atoms with Crippen LogP contribution < -0.4 is 5.32 Å². The number of para-hydroxylation sites is 2. The molecule has 106 valence electrons. The lowest BCUT2D eigenvalue weighted by molar-refractivity contribution is -0.147. The zero-order valence-corrected chi connectivity index (χ0v) is 10.7. The van der Waals surface area contributed by atoms with E-state index in [1.165, 1.54) is 6.07 Å². The molecule has 0 saturated carbocycles. The molecule has 6 heteroatoms. The van der Waals surface area contributed by atoms with Gasteiger partial charge >= 0.3 is 5.97 Å². The van der Waals surface area contributed by atoms with Crippen LogP contribution in [0.3, 0.4) is 0 Å². The van der Waals surface area contributed by atoms with Gasteiger partial charge in [-0.25, -0.2) is 0 Å². The maximum atomic E-state index is 12.3. The predicted octanol–water partition coefficient (Wildman–Crippen LogP) is 1.21. The average Bonchev–Trinajstić information content (AvgIpc) is 3.01. The number of anilines is 1. The molecule has 0 spiro atoms. The summed E-state index contributed by atoms with van der Waals surface area (Å²) in [5, 5.41) is 21.5. The minimum absolute atomic E-state index is 0.0446. The molecule has 20 heavy (non-hydrogen) atoms. The van der Waals surface area contributed by atoms with E-state index in [4.69, 9.17) is 4.74 Å². The van der Waals surface area contributed by atoms with Crippen LogP contribution in [0.5, 0.6) is 5.75 Å². The van der Waals surface area contributed by atoms with Crippen LogP contribution in [0.15, 0.2) is 24.3 Å². The van der Waals surface area contributed by atoms with E-state index < -0.39 is 23.7 Å². The summed E-state index contributed by atoms with van der Waals surface area (Å²) in [5.74, 6) is -2.97. The molecule has 6 nitrogen and oxygen atoms in total. The molecule has 0 radical (unpaired) electrons. The number of carbonyl (C=O) groups excluding carboxylic acids is 1. The fourth-order valence-electron chi connectivity index (χ4n) is 3.12. The van der Waals surface area contributed by atoms with Gasteiger partial charge in [-0.2, -0.15) is 0 Å². The molecule has 2 saturated heterocycles. The zero-order valence-electron chi connectivity index (χ0n) is 10.7. The first-order chi connectivity index (χ1) is 9.58. The fourth-order valence-corrected chi connectivity index (χ4v) is 3.12. The van der Waals surface area contributed by atoms with Gasteiger partial charge in [-0.15, -0.1) is 0 Å². The van der Waals surface area contributed by atoms with Crippen molar-refractivity contribution < 1.29 is 24.5 Å². The fraction of sp³-hybridized carbons (Fsp3) is 0.429. The first-order valence-electron chi connectivity index (χ1n) is 6.55. The maximum absolute atomic E-state index is 12.3. The quantitative estimate of drug-likeness (QED) is 0.722. The predicted molar refractivity (Wildman–Crippen MR) is 69.2 cm³/mol. The van der Waals surface area contributed by atoms with Crippen LogP contribution in [-0.4, -0.2) is 34.3 Å². The van der Waals surface area contributed by atoms with Gasteiger partial charge in [-0.3, -0.25) is 9.59 Å². The highest BCUT2D eigenvalue weighted by Crippen LogP contribution is 2.44. The van der Waals surface area contributed by atoms with E-state index in [-0.39, 0.29) is 23.6 Å². The van der Waals surface area contributed by atoms with Gasteiger partial charge in [0.2, 0.25) is 5.91 Å². The SMILES string of the molecule is O=C(O)C1C(C(=O)Nc2ccccc2O)[C@H]2CC[C@H]1O2. The Kier molecular flexibility index (Phi) is 3.10. The molecular weight excluding hydrogens is 262 g/mol. The average molecular weight is 277 g/mol. The summed E-state index contributed by atoms with van der Waals surface area (Å²) in [4.78, 5) is 23.6. The summed E-state index contributed by atoms with van der Waals surface area (Å²) in [6.45, 7) is 0. The minimum Gasteiger partial charge on any atom is -0.506 e. The molecule has 2 fully saturated rings. The van der Waals surface area contributed by atoms with Crippen molar-refractivity contribution in [3.63, 3.8) is 0 Å². The first-order valence-corrected chi connectivity index (χ1v) is 6.55. The van der Waals surface area contributed by atoms with Gasteiger partial charge in [-0.05, 0) is 25.0 Å². The van der Waals surface area contributed by atoms with Crippen LogP contribution >= 0.6 is 0 Å². The number of ether oxygens (including phenoxy) is 1. The lowest BCUT2D eigenvalue weighted by Crippen LogP contribution is -2.40. The first kappa shape index (κ1) is 12.9. The highest BCUT2D eigenvalue weighted by molar-refractivity contribution is 5.97. The molecule has 1 aromatic rings. The van der Waals surface area contributed by atoms with Gasteiger partial charge < -0.3 is 20.3 Å². The minimum atomic E-state index is -1.00. The van der Waals surface area contributed by atoms with Crippen molar-refractivity contribution in [1.82, 2.24) is 0 Å². The largest absolute Gasteiger partial charge is 0.506 e. The van der Waals surface area contributed by atoms with Crippen LogP contribution in [0.2, 0.25) is 0 Å². The standard InChI is InChI=1S/C14H15NO5/c16-8-4-2-1-3-7(8)15-13(17)11-9-5-6-10(20-9)12(11)14(18)19/h1-4,9-12,16H,5-6H2,(H,15,17)(H,18,19)/t9-,10-,11?,12?/m1/s1. The molecule has 0 aliphatic carbocycles. The number of aromatic hydroxyl groups is 1. The molecule has 0 aromatic heterocycles. The molecule has 3 N–H and O–H groups in total. The summed E-state index contributed by atoms with van der Waals surface area (Å²) >= 11 is 0. The van der Waals surface area contributed by atoms with Gasteiger partial charge in [0.05, 0.1) is 29.7 Å². The van der Waals surface area contributed by atoms with Crippen molar-refractivity contribution in [2.45, 2.75) is 25.0 Å². The molecule has 3 rings (SSSR count). The number of carboxylic acids is 1. The van der Waals surface area contributed by atoms with Crippen molar-refractivity contribution >= 4 is 17.6 Å². The lowest BCUT2D eigenvalue weighted by Gasteiger charge is -2.24. The molecule has 2 aliphatic heterocycles. The molecule has 1 amide bonds. The summed E-state index contributed by atoms with van der Waals surface area (Å²) in [6, 6.07) is 6.35. The van der Waals surface area contributed by atoms with Gasteiger partial charge in [0.25, 0.3) is 0 Å². The van der Waals surface area contributed by atoms with Crippen LogP contribution in [0, 0.1) is 11.8 Å². The lowest BCUT2D eigenvalue weighted by atomic mass is 9.78. The van der Waals surface area contributed by atoms with Crippen LogP contribution in [0.25, 0.3) is 0 Å². The Morgan fingerprint density at radius 2 is 1.80 bits per heavy atom. The third-order valence-corrected chi connectivity index (χ3v) is 4.02. The second-order valence-corrected chi connectivity index (χ2v) is 5.19. The summed E-state index contributed by atoms with van der Waals surface area (Å²) in [7, 11) is 0. The van der Waals surface area contributed by atoms with Crippen LogP contribution in [-0.2, 0) is 14.3 Å².